The lowest BCUT2D eigenvalue weighted by Gasteiger charge is -2.02. The Kier molecular flexibility index (Phi) is 3.74. The Bertz CT molecular complexity index is 663. The highest BCUT2D eigenvalue weighted by molar-refractivity contribution is 7.10. The van der Waals surface area contributed by atoms with Gasteiger partial charge in [-0.2, -0.15) is 9.36 Å². The van der Waals surface area contributed by atoms with Crippen molar-refractivity contribution in [3.63, 3.8) is 0 Å². The van der Waals surface area contributed by atoms with E-state index < -0.39 is 0 Å². The predicted molar refractivity (Wildman–Crippen MR) is 79.3 cm³/mol. The largest absolute Gasteiger partial charge is 0.330 e. The second kappa shape index (κ2) is 5.84. The van der Waals surface area contributed by atoms with Gasteiger partial charge in [0.2, 0.25) is 11.1 Å². The van der Waals surface area contributed by atoms with E-state index in [-0.39, 0.29) is 11.6 Å². The summed E-state index contributed by atoms with van der Waals surface area (Å²) in [6, 6.07) is 11.9. The zero-order chi connectivity index (χ0) is 14.7. The molecule has 0 aliphatic heterocycles. The number of benzene rings is 2. The average molecular weight is 304 g/mol. The van der Waals surface area contributed by atoms with Gasteiger partial charge >= 0.3 is 0 Å². The van der Waals surface area contributed by atoms with Gasteiger partial charge in [-0.15, -0.1) is 0 Å². The standard InChI is InChI=1S/C14H10F2N4S/c15-9-1-5-11(6-2-9)17-13-19-14(21-20-13)18-12-7-3-10(16)4-8-12/h1-8H,(H2,17,18,19,20). The summed E-state index contributed by atoms with van der Waals surface area (Å²) < 4.78 is 29.8. The Labute approximate surface area is 123 Å². The first kappa shape index (κ1) is 13.4. The van der Waals surface area contributed by atoms with Gasteiger partial charge < -0.3 is 10.6 Å². The lowest BCUT2D eigenvalue weighted by atomic mass is 10.3. The van der Waals surface area contributed by atoms with Crippen LogP contribution in [0.25, 0.3) is 0 Å². The van der Waals surface area contributed by atoms with E-state index >= 15 is 0 Å². The molecule has 2 aromatic carbocycles. The second-order valence-corrected chi connectivity index (χ2v) is 4.94. The average Bonchev–Trinajstić information content (AvgIpc) is 2.91. The van der Waals surface area contributed by atoms with Crippen LogP contribution in [0.3, 0.4) is 0 Å². The number of rotatable bonds is 4. The van der Waals surface area contributed by atoms with Crippen molar-refractivity contribution in [2.45, 2.75) is 0 Å². The van der Waals surface area contributed by atoms with Crippen LogP contribution in [0.15, 0.2) is 48.5 Å². The lowest BCUT2D eigenvalue weighted by molar-refractivity contribution is 0.627. The molecule has 0 spiro atoms. The fraction of sp³-hybridized carbons (Fsp3) is 0. The number of hydrogen-bond acceptors (Lipinski definition) is 5. The first-order chi connectivity index (χ1) is 10.2. The van der Waals surface area contributed by atoms with Gasteiger partial charge in [0.05, 0.1) is 0 Å². The Morgan fingerprint density at radius 3 is 1.86 bits per heavy atom. The summed E-state index contributed by atoms with van der Waals surface area (Å²) in [6.07, 6.45) is 0. The smallest absolute Gasteiger partial charge is 0.240 e. The third-order valence-corrected chi connectivity index (χ3v) is 3.25. The van der Waals surface area contributed by atoms with Gasteiger partial charge in [0.25, 0.3) is 0 Å². The van der Waals surface area contributed by atoms with E-state index in [4.69, 9.17) is 0 Å². The molecule has 106 valence electrons. The normalized spacial score (nSPS) is 10.4. The maximum atomic E-state index is 12.8. The minimum atomic E-state index is -0.301. The van der Waals surface area contributed by atoms with Crippen LogP contribution in [-0.4, -0.2) is 9.36 Å². The van der Waals surface area contributed by atoms with Crippen LogP contribution in [0, 0.1) is 11.6 Å². The van der Waals surface area contributed by atoms with Gasteiger partial charge in [0, 0.05) is 22.9 Å². The first-order valence-corrected chi connectivity index (χ1v) is 6.85. The Hall–Kier alpha value is -2.54. The molecule has 2 N–H and O–H groups in total. The maximum Gasteiger partial charge on any atom is 0.240 e. The van der Waals surface area contributed by atoms with Crippen molar-refractivity contribution in [2.75, 3.05) is 10.6 Å². The van der Waals surface area contributed by atoms with E-state index in [1.807, 2.05) is 0 Å². The van der Waals surface area contributed by atoms with Gasteiger partial charge in [0.15, 0.2) is 0 Å². The van der Waals surface area contributed by atoms with E-state index in [9.17, 15) is 8.78 Å². The molecule has 7 heteroatoms. The molecule has 4 nitrogen and oxygen atoms in total. The van der Waals surface area contributed by atoms with Crippen molar-refractivity contribution in [1.82, 2.24) is 9.36 Å². The Balaban J connectivity index is 1.68. The van der Waals surface area contributed by atoms with Crippen molar-refractivity contribution in [1.29, 1.82) is 0 Å². The molecule has 0 atom stereocenters. The van der Waals surface area contributed by atoms with Crippen molar-refractivity contribution in [3.8, 4) is 0 Å². The highest BCUT2D eigenvalue weighted by Gasteiger charge is 2.05. The van der Waals surface area contributed by atoms with Crippen LogP contribution in [0.1, 0.15) is 0 Å². The van der Waals surface area contributed by atoms with Gasteiger partial charge in [-0.25, -0.2) is 8.78 Å². The number of nitrogens with one attached hydrogen (secondary N) is 2. The van der Waals surface area contributed by atoms with E-state index in [2.05, 4.69) is 20.0 Å². The van der Waals surface area contributed by atoms with Gasteiger partial charge in [-0.3, -0.25) is 0 Å². The molecular formula is C14H10F2N4S. The van der Waals surface area contributed by atoms with Crippen LogP contribution < -0.4 is 10.6 Å². The molecule has 1 heterocycles. The molecule has 0 bridgehead atoms. The molecular weight excluding hydrogens is 294 g/mol. The third-order valence-electron chi connectivity index (χ3n) is 2.62. The summed E-state index contributed by atoms with van der Waals surface area (Å²) in [4.78, 5) is 4.24. The molecule has 0 saturated carbocycles. The molecule has 0 amide bonds. The molecule has 1 aromatic heterocycles. The molecule has 0 aliphatic carbocycles. The van der Waals surface area contributed by atoms with Crippen LogP contribution in [-0.2, 0) is 0 Å². The molecule has 0 fully saturated rings. The highest BCUT2D eigenvalue weighted by atomic mass is 32.1. The number of aromatic nitrogens is 2. The number of nitrogens with zero attached hydrogens (tertiary/aromatic N) is 2. The molecule has 3 aromatic rings. The molecule has 0 radical (unpaired) electrons. The fourth-order valence-electron chi connectivity index (χ4n) is 1.64. The van der Waals surface area contributed by atoms with E-state index in [0.717, 1.165) is 5.69 Å². The van der Waals surface area contributed by atoms with Crippen molar-refractivity contribution < 1.29 is 8.78 Å². The molecule has 0 saturated heterocycles. The number of anilines is 4. The third kappa shape index (κ3) is 3.51. The Morgan fingerprint density at radius 1 is 0.762 bits per heavy atom. The second-order valence-electron chi connectivity index (χ2n) is 4.19. The van der Waals surface area contributed by atoms with Crippen LogP contribution in [0.4, 0.5) is 31.2 Å². The van der Waals surface area contributed by atoms with E-state index in [0.29, 0.717) is 16.8 Å². The number of halogens is 2. The van der Waals surface area contributed by atoms with Crippen molar-refractivity contribution in [3.05, 3.63) is 60.2 Å². The van der Waals surface area contributed by atoms with Gasteiger partial charge in [0.1, 0.15) is 11.6 Å². The summed E-state index contributed by atoms with van der Waals surface area (Å²) in [5, 5.41) is 6.57. The SMILES string of the molecule is Fc1ccc(Nc2nsc(Nc3ccc(F)cc3)n2)cc1. The highest BCUT2D eigenvalue weighted by Crippen LogP contribution is 2.22. The number of hydrogen-bond donors (Lipinski definition) is 2. The van der Waals surface area contributed by atoms with E-state index in [1.54, 1.807) is 24.3 Å². The monoisotopic (exact) mass is 304 g/mol. The quantitative estimate of drug-likeness (QED) is 0.754. The minimum Gasteiger partial charge on any atom is -0.330 e. The van der Waals surface area contributed by atoms with Crippen molar-refractivity contribution in [2.24, 2.45) is 0 Å². The maximum absolute atomic E-state index is 12.8. The van der Waals surface area contributed by atoms with Gasteiger partial charge in [-0.1, -0.05) is 0 Å². The van der Waals surface area contributed by atoms with Crippen LogP contribution in [0.5, 0.6) is 0 Å². The first-order valence-electron chi connectivity index (χ1n) is 6.08. The summed E-state index contributed by atoms with van der Waals surface area (Å²) >= 11 is 1.17. The van der Waals surface area contributed by atoms with Crippen molar-refractivity contribution >= 4 is 34.0 Å². The topological polar surface area (TPSA) is 49.8 Å². The molecule has 21 heavy (non-hydrogen) atoms. The van der Waals surface area contributed by atoms with Gasteiger partial charge in [-0.05, 0) is 48.5 Å². The molecule has 3 rings (SSSR count). The van der Waals surface area contributed by atoms with Crippen LogP contribution in [0.2, 0.25) is 0 Å². The summed E-state index contributed by atoms with van der Waals surface area (Å²) in [7, 11) is 0. The summed E-state index contributed by atoms with van der Waals surface area (Å²) in [5.74, 6) is -0.182. The minimum absolute atomic E-state index is 0.295. The Morgan fingerprint density at radius 2 is 1.29 bits per heavy atom. The molecule has 0 aliphatic rings. The fourth-order valence-corrected chi connectivity index (χ4v) is 2.19. The lowest BCUT2D eigenvalue weighted by Crippen LogP contribution is -1.93. The van der Waals surface area contributed by atoms with E-state index in [1.165, 1.54) is 35.8 Å². The summed E-state index contributed by atoms with van der Waals surface area (Å²) in [6.45, 7) is 0. The zero-order valence-corrected chi connectivity index (χ0v) is 11.5. The predicted octanol–water partition coefficient (Wildman–Crippen LogP) is 4.30. The zero-order valence-electron chi connectivity index (χ0n) is 10.7. The summed E-state index contributed by atoms with van der Waals surface area (Å²) in [5.41, 5.74) is 1.42. The van der Waals surface area contributed by atoms with Crippen LogP contribution >= 0.6 is 11.5 Å². The molecule has 0 unspecified atom stereocenters.